The van der Waals surface area contributed by atoms with E-state index in [1.807, 2.05) is 0 Å². The van der Waals surface area contributed by atoms with Crippen molar-refractivity contribution in [1.82, 2.24) is 0 Å². The van der Waals surface area contributed by atoms with E-state index in [2.05, 4.69) is 22.2 Å². The van der Waals surface area contributed by atoms with Crippen LogP contribution in [-0.4, -0.2) is 55.8 Å². The van der Waals surface area contributed by atoms with Crippen LogP contribution in [0.4, 0.5) is 0 Å². The van der Waals surface area contributed by atoms with Crippen molar-refractivity contribution in [3.8, 4) is 0 Å². The minimum atomic E-state index is -3.87. The standard InChI is InChI=1S/C6H11O4P.Ca.2H/c1-3-5-9-11(7,8)10-6-4-2;;;/h3-4H,1-2,5-6H2,(H,7,8);;;/q;+2;2*-1. The zero-order valence-electron chi connectivity index (χ0n) is 8.81. The Morgan fingerprint density at radius 3 is 1.92 bits per heavy atom. The fourth-order valence-electron chi connectivity index (χ4n) is 0.331. The van der Waals surface area contributed by atoms with Crippen LogP contribution in [0.15, 0.2) is 25.3 Å². The van der Waals surface area contributed by atoms with Gasteiger partial charge >= 0.3 is 45.6 Å². The molecule has 0 rings (SSSR count). The summed E-state index contributed by atoms with van der Waals surface area (Å²) >= 11 is 0. The van der Waals surface area contributed by atoms with Crippen molar-refractivity contribution < 1.29 is 21.4 Å². The molecule has 0 aromatic carbocycles. The van der Waals surface area contributed by atoms with E-state index in [4.69, 9.17) is 4.89 Å². The first-order valence-electron chi connectivity index (χ1n) is 2.96. The van der Waals surface area contributed by atoms with E-state index in [-0.39, 0.29) is 53.8 Å². The smallest absolute Gasteiger partial charge is 1.00 e. The van der Waals surface area contributed by atoms with Gasteiger partial charge in [0.2, 0.25) is 0 Å². The first-order valence-corrected chi connectivity index (χ1v) is 4.45. The number of rotatable bonds is 6. The third kappa shape index (κ3) is 8.94. The van der Waals surface area contributed by atoms with Gasteiger partial charge in [0, 0.05) is 0 Å². The van der Waals surface area contributed by atoms with Crippen molar-refractivity contribution in [2.24, 2.45) is 0 Å². The summed E-state index contributed by atoms with van der Waals surface area (Å²) in [6.45, 7) is 6.60. The third-order valence-electron chi connectivity index (χ3n) is 0.711. The molecule has 4 nitrogen and oxygen atoms in total. The fourth-order valence-corrected chi connectivity index (χ4v) is 0.993. The molecule has 0 aliphatic carbocycles. The maximum absolute atomic E-state index is 10.7. The van der Waals surface area contributed by atoms with Crippen molar-refractivity contribution in [1.29, 1.82) is 0 Å². The summed E-state index contributed by atoms with van der Waals surface area (Å²) in [7, 11) is -3.87. The Hall–Kier alpha value is 0.850. The summed E-state index contributed by atoms with van der Waals surface area (Å²) in [6.07, 6.45) is 2.72. The van der Waals surface area contributed by atoms with Crippen molar-refractivity contribution in [2.45, 2.75) is 0 Å². The predicted molar refractivity (Wildman–Crippen MR) is 50.1 cm³/mol. The Labute approximate surface area is 105 Å². The van der Waals surface area contributed by atoms with Crippen molar-refractivity contribution >= 4 is 45.6 Å². The maximum atomic E-state index is 10.7. The van der Waals surface area contributed by atoms with Gasteiger partial charge in [0.25, 0.3) is 0 Å². The number of phosphoric acid groups is 1. The van der Waals surface area contributed by atoms with E-state index >= 15 is 0 Å². The zero-order chi connectivity index (χ0) is 8.74. The molecule has 0 spiro atoms. The average molecular weight is 220 g/mol. The van der Waals surface area contributed by atoms with E-state index in [1.165, 1.54) is 12.2 Å². The van der Waals surface area contributed by atoms with Crippen molar-refractivity contribution in [2.75, 3.05) is 13.2 Å². The van der Waals surface area contributed by atoms with Crippen molar-refractivity contribution in [3.63, 3.8) is 0 Å². The minimum absolute atomic E-state index is 0. The molecule has 0 unspecified atom stereocenters. The predicted octanol–water partition coefficient (Wildman–Crippen LogP) is 1.34. The number of phosphoric ester groups is 1. The van der Waals surface area contributed by atoms with Crippen LogP contribution in [0.3, 0.4) is 0 Å². The van der Waals surface area contributed by atoms with Crippen LogP contribution in [0.1, 0.15) is 2.85 Å². The SMILES string of the molecule is C=CCOP(=O)(O)OCC=C.[Ca+2].[H-].[H-]. The van der Waals surface area contributed by atoms with E-state index in [0.29, 0.717) is 0 Å². The molecular formula is C6H13CaO4P. The molecule has 0 heterocycles. The van der Waals surface area contributed by atoms with Gasteiger partial charge in [-0.15, -0.1) is 13.2 Å². The summed E-state index contributed by atoms with van der Waals surface area (Å²) in [5, 5.41) is 0. The van der Waals surface area contributed by atoms with Gasteiger partial charge in [-0.2, -0.15) is 0 Å². The normalized spacial score (nSPS) is 10.1. The van der Waals surface area contributed by atoms with E-state index < -0.39 is 7.82 Å². The van der Waals surface area contributed by atoms with Crippen LogP contribution in [-0.2, 0) is 13.6 Å². The molecule has 12 heavy (non-hydrogen) atoms. The van der Waals surface area contributed by atoms with Crippen LogP contribution >= 0.6 is 7.82 Å². The number of hydrogen-bond donors (Lipinski definition) is 1. The van der Waals surface area contributed by atoms with E-state index in [9.17, 15) is 4.57 Å². The topological polar surface area (TPSA) is 55.8 Å². The van der Waals surface area contributed by atoms with Gasteiger partial charge in [-0.3, -0.25) is 9.05 Å². The second-order valence-electron chi connectivity index (χ2n) is 1.64. The minimum Gasteiger partial charge on any atom is -1.00 e. The van der Waals surface area contributed by atoms with Gasteiger partial charge in [-0.05, 0) is 0 Å². The molecule has 0 fully saturated rings. The summed E-state index contributed by atoms with van der Waals surface area (Å²) in [6, 6.07) is 0. The number of hydrogen-bond acceptors (Lipinski definition) is 3. The quantitative estimate of drug-likeness (QED) is 0.417. The van der Waals surface area contributed by atoms with Gasteiger partial charge in [-0.1, -0.05) is 12.2 Å². The maximum Gasteiger partial charge on any atom is 2.00 e. The van der Waals surface area contributed by atoms with E-state index in [0.717, 1.165) is 0 Å². The Kier molecular flexibility index (Phi) is 10.8. The molecule has 0 radical (unpaired) electrons. The second kappa shape index (κ2) is 8.45. The molecule has 0 aliphatic rings. The Bertz CT molecular complexity index is 175. The Morgan fingerprint density at radius 1 is 1.33 bits per heavy atom. The molecule has 0 bridgehead atoms. The molecule has 6 heteroatoms. The van der Waals surface area contributed by atoms with Gasteiger partial charge in [0.05, 0.1) is 13.2 Å². The zero-order valence-corrected chi connectivity index (χ0v) is 9.91. The monoisotopic (exact) mass is 220 g/mol. The summed E-state index contributed by atoms with van der Waals surface area (Å²) in [5.74, 6) is 0. The Balaban J connectivity index is -0.000000167. The van der Waals surface area contributed by atoms with Crippen LogP contribution in [0.25, 0.3) is 0 Å². The molecule has 0 saturated carbocycles. The average Bonchev–Trinajstić information content (AvgIpc) is 1.97. The molecular weight excluding hydrogens is 207 g/mol. The molecule has 0 aromatic rings. The molecule has 0 aromatic heterocycles. The van der Waals surface area contributed by atoms with Gasteiger partial charge in [-0.25, -0.2) is 4.57 Å². The third-order valence-corrected chi connectivity index (χ3v) is 1.66. The second-order valence-corrected chi connectivity index (χ2v) is 3.09. The largest absolute Gasteiger partial charge is 2.00 e. The van der Waals surface area contributed by atoms with Crippen LogP contribution in [0, 0.1) is 0 Å². The molecule has 0 amide bonds. The summed E-state index contributed by atoms with van der Waals surface area (Å²) < 4.78 is 19.6. The van der Waals surface area contributed by atoms with E-state index in [1.54, 1.807) is 0 Å². The van der Waals surface area contributed by atoms with Crippen LogP contribution in [0.5, 0.6) is 0 Å². The molecule has 1 N–H and O–H groups in total. The van der Waals surface area contributed by atoms with Crippen LogP contribution in [0.2, 0.25) is 0 Å². The van der Waals surface area contributed by atoms with Gasteiger partial charge < -0.3 is 7.75 Å². The molecule has 0 saturated heterocycles. The summed E-state index contributed by atoms with van der Waals surface area (Å²) in [4.78, 5) is 8.79. The van der Waals surface area contributed by atoms with Crippen molar-refractivity contribution in [3.05, 3.63) is 25.3 Å². The first kappa shape index (κ1) is 15.3. The van der Waals surface area contributed by atoms with Gasteiger partial charge in [0.15, 0.2) is 0 Å². The molecule has 68 valence electrons. The first-order chi connectivity index (χ1) is 5.12. The molecule has 0 aliphatic heterocycles. The Morgan fingerprint density at radius 2 is 1.67 bits per heavy atom. The molecule has 0 atom stereocenters. The fraction of sp³-hybridized carbons (Fsp3) is 0.333. The summed E-state index contributed by atoms with van der Waals surface area (Å²) in [5.41, 5.74) is 0. The van der Waals surface area contributed by atoms with Crippen LogP contribution < -0.4 is 0 Å². The van der Waals surface area contributed by atoms with Gasteiger partial charge in [0.1, 0.15) is 0 Å².